The maximum absolute atomic E-state index is 13.7. The van der Waals surface area contributed by atoms with E-state index in [9.17, 15) is 14.0 Å². The lowest BCUT2D eigenvalue weighted by Crippen LogP contribution is -2.11. The van der Waals surface area contributed by atoms with E-state index in [4.69, 9.17) is 9.47 Å². The van der Waals surface area contributed by atoms with Crippen LogP contribution in [0.3, 0.4) is 0 Å². The van der Waals surface area contributed by atoms with Crippen LogP contribution in [-0.2, 0) is 9.53 Å². The van der Waals surface area contributed by atoms with Gasteiger partial charge in [0.1, 0.15) is 6.10 Å². The predicted molar refractivity (Wildman–Crippen MR) is 83.2 cm³/mol. The van der Waals surface area contributed by atoms with Gasteiger partial charge in [0, 0.05) is 12.3 Å². The summed E-state index contributed by atoms with van der Waals surface area (Å²) >= 11 is 1.12. The number of hydrogen-bond donors (Lipinski definition) is 1. The van der Waals surface area contributed by atoms with Crippen LogP contribution in [0.15, 0.2) is 23.6 Å². The highest BCUT2D eigenvalue weighted by Gasteiger charge is 2.18. The molecule has 1 aromatic carbocycles. The maximum atomic E-state index is 13.7. The highest BCUT2D eigenvalue weighted by molar-refractivity contribution is 7.14. The number of nitrogens with one attached hydrogen (secondary N) is 1. The number of benzene rings is 1. The van der Waals surface area contributed by atoms with E-state index in [1.807, 2.05) is 0 Å². The molecule has 1 amide bonds. The molecule has 0 bridgehead atoms. The van der Waals surface area contributed by atoms with Crippen LogP contribution in [0.5, 0.6) is 5.75 Å². The molecular formula is C15H15FN2O4S. The van der Waals surface area contributed by atoms with Gasteiger partial charge in [0.2, 0.25) is 5.91 Å². The van der Waals surface area contributed by atoms with E-state index in [1.54, 1.807) is 13.0 Å². The summed E-state index contributed by atoms with van der Waals surface area (Å²) < 4.78 is 23.8. The first-order chi connectivity index (χ1) is 10.9. The molecule has 6 nitrogen and oxygen atoms in total. The SMILES string of the molecule is COc1ccc([C@H](C)OC(=O)c2csc(NC(C)=O)n2)cc1F. The maximum Gasteiger partial charge on any atom is 0.358 e. The number of anilines is 1. The second-order valence-electron chi connectivity index (χ2n) is 4.66. The number of ether oxygens (including phenoxy) is 2. The van der Waals surface area contributed by atoms with Crippen molar-refractivity contribution in [2.24, 2.45) is 0 Å². The average molecular weight is 338 g/mol. The van der Waals surface area contributed by atoms with Crippen molar-refractivity contribution >= 4 is 28.3 Å². The van der Waals surface area contributed by atoms with Crippen LogP contribution in [0, 0.1) is 5.82 Å². The van der Waals surface area contributed by atoms with Gasteiger partial charge in [-0.05, 0) is 24.6 Å². The second kappa shape index (κ2) is 7.19. The highest BCUT2D eigenvalue weighted by Crippen LogP contribution is 2.25. The van der Waals surface area contributed by atoms with Gasteiger partial charge in [-0.3, -0.25) is 4.79 Å². The topological polar surface area (TPSA) is 77.5 Å². The van der Waals surface area contributed by atoms with Crippen LogP contribution in [0.1, 0.15) is 36.0 Å². The first-order valence-corrected chi connectivity index (χ1v) is 7.56. The van der Waals surface area contributed by atoms with Crippen LogP contribution >= 0.6 is 11.3 Å². The van der Waals surface area contributed by atoms with Gasteiger partial charge in [-0.2, -0.15) is 0 Å². The lowest BCUT2D eigenvalue weighted by atomic mass is 10.1. The standard InChI is InChI=1S/C15H15FN2O4S/c1-8(10-4-5-13(21-3)11(16)6-10)22-14(20)12-7-23-15(18-12)17-9(2)19/h4-8H,1-3H3,(H,17,18,19)/t8-/m0/s1. The van der Waals surface area contributed by atoms with Crippen molar-refractivity contribution in [3.8, 4) is 5.75 Å². The Bertz CT molecular complexity index is 732. The van der Waals surface area contributed by atoms with Crippen molar-refractivity contribution in [2.75, 3.05) is 12.4 Å². The number of amides is 1. The quantitative estimate of drug-likeness (QED) is 0.847. The zero-order chi connectivity index (χ0) is 17.0. The average Bonchev–Trinajstić information content (AvgIpc) is 2.94. The molecule has 0 radical (unpaired) electrons. The molecule has 122 valence electrons. The first-order valence-electron chi connectivity index (χ1n) is 6.68. The summed E-state index contributed by atoms with van der Waals surface area (Å²) in [6.45, 7) is 2.97. The van der Waals surface area contributed by atoms with E-state index in [2.05, 4.69) is 10.3 Å². The Morgan fingerprint density at radius 3 is 2.74 bits per heavy atom. The molecule has 1 N–H and O–H groups in total. The van der Waals surface area contributed by atoms with Gasteiger partial charge in [0.25, 0.3) is 0 Å². The smallest absolute Gasteiger partial charge is 0.358 e. The minimum Gasteiger partial charge on any atom is -0.494 e. The first kappa shape index (κ1) is 16.9. The molecule has 0 aliphatic carbocycles. The van der Waals surface area contributed by atoms with Crippen LogP contribution in [0.2, 0.25) is 0 Å². The third-order valence-electron chi connectivity index (χ3n) is 2.93. The molecule has 0 fully saturated rings. The minimum atomic E-state index is -0.658. The third kappa shape index (κ3) is 4.26. The number of methoxy groups -OCH3 is 1. The molecular weight excluding hydrogens is 323 g/mol. The normalized spacial score (nSPS) is 11.7. The van der Waals surface area contributed by atoms with Gasteiger partial charge in [0.05, 0.1) is 7.11 Å². The molecule has 0 spiro atoms. The zero-order valence-electron chi connectivity index (χ0n) is 12.8. The van der Waals surface area contributed by atoms with E-state index in [1.165, 1.54) is 31.5 Å². The fourth-order valence-electron chi connectivity index (χ4n) is 1.80. The number of esters is 1. The van der Waals surface area contributed by atoms with Crippen molar-refractivity contribution in [1.29, 1.82) is 0 Å². The van der Waals surface area contributed by atoms with Gasteiger partial charge in [0.15, 0.2) is 22.4 Å². The Labute approximate surface area is 136 Å². The summed E-state index contributed by atoms with van der Waals surface area (Å²) in [7, 11) is 1.37. The minimum absolute atomic E-state index is 0.0829. The number of thiazole rings is 1. The van der Waals surface area contributed by atoms with Crippen molar-refractivity contribution in [3.63, 3.8) is 0 Å². The third-order valence-corrected chi connectivity index (χ3v) is 3.68. The van der Waals surface area contributed by atoms with Crippen LogP contribution < -0.4 is 10.1 Å². The Morgan fingerprint density at radius 2 is 2.13 bits per heavy atom. The van der Waals surface area contributed by atoms with Crippen LogP contribution in [0.4, 0.5) is 9.52 Å². The van der Waals surface area contributed by atoms with E-state index < -0.39 is 17.9 Å². The van der Waals surface area contributed by atoms with Gasteiger partial charge in [-0.15, -0.1) is 11.3 Å². The number of carbonyl (C=O) groups is 2. The van der Waals surface area contributed by atoms with Gasteiger partial charge < -0.3 is 14.8 Å². The van der Waals surface area contributed by atoms with Crippen LogP contribution in [0.25, 0.3) is 0 Å². The number of nitrogens with zero attached hydrogens (tertiary/aromatic N) is 1. The fraction of sp³-hybridized carbons (Fsp3) is 0.267. The van der Waals surface area contributed by atoms with E-state index >= 15 is 0 Å². The summed E-state index contributed by atoms with van der Waals surface area (Å²) in [5, 5.41) is 4.28. The molecule has 8 heteroatoms. The molecule has 0 unspecified atom stereocenters. The van der Waals surface area contributed by atoms with E-state index in [-0.39, 0.29) is 17.4 Å². The molecule has 1 heterocycles. The summed E-state index contributed by atoms with van der Waals surface area (Å²) in [4.78, 5) is 26.9. The Balaban J connectivity index is 2.05. The Kier molecular flexibility index (Phi) is 5.28. The summed E-state index contributed by atoms with van der Waals surface area (Å²) in [6, 6.07) is 4.33. The summed E-state index contributed by atoms with van der Waals surface area (Å²) in [6.07, 6.45) is -0.658. The molecule has 0 saturated heterocycles. The number of carbonyl (C=O) groups excluding carboxylic acids is 2. The lowest BCUT2D eigenvalue weighted by molar-refractivity contribution is -0.114. The number of rotatable bonds is 5. The molecule has 1 atom stereocenters. The molecule has 23 heavy (non-hydrogen) atoms. The monoisotopic (exact) mass is 338 g/mol. The molecule has 0 aliphatic rings. The van der Waals surface area contributed by atoms with Gasteiger partial charge >= 0.3 is 5.97 Å². The number of aromatic nitrogens is 1. The van der Waals surface area contributed by atoms with Crippen LogP contribution in [-0.4, -0.2) is 24.0 Å². The van der Waals surface area contributed by atoms with E-state index in [0.717, 1.165) is 11.3 Å². The summed E-state index contributed by atoms with van der Waals surface area (Å²) in [5.41, 5.74) is 0.577. The molecule has 0 saturated carbocycles. The zero-order valence-corrected chi connectivity index (χ0v) is 13.6. The Morgan fingerprint density at radius 1 is 1.39 bits per heavy atom. The van der Waals surface area contributed by atoms with Crippen molar-refractivity contribution in [1.82, 2.24) is 4.98 Å². The largest absolute Gasteiger partial charge is 0.494 e. The lowest BCUT2D eigenvalue weighted by Gasteiger charge is -2.13. The molecule has 2 rings (SSSR count). The second-order valence-corrected chi connectivity index (χ2v) is 5.52. The summed E-state index contributed by atoms with van der Waals surface area (Å²) in [5.74, 6) is -1.34. The van der Waals surface area contributed by atoms with Gasteiger partial charge in [-0.25, -0.2) is 14.2 Å². The number of hydrogen-bond acceptors (Lipinski definition) is 6. The number of halogens is 1. The van der Waals surface area contributed by atoms with E-state index in [0.29, 0.717) is 10.7 Å². The van der Waals surface area contributed by atoms with Gasteiger partial charge in [-0.1, -0.05) is 6.07 Å². The molecule has 2 aromatic rings. The van der Waals surface area contributed by atoms with Crippen molar-refractivity contribution in [3.05, 3.63) is 40.7 Å². The predicted octanol–water partition coefficient (Wildman–Crippen LogP) is 3.17. The van der Waals surface area contributed by atoms with Crippen molar-refractivity contribution in [2.45, 2.75) is 20.0 Å². The Hall–Kier alpha value is -2.48. The fourth-order valence-corrected chi connectivity index (χ4v) is 2.53. The van der Waals surface area contributed by atoms with Crippen molar-refractivity contribution < 1.29 is 23.5 Å². The molecule has 0 aliphatic heterocycles. The highest BCUT2D eigenvalue weighted by atomic mass is 32.1. The molecule has 1 aromatic heterocycles.